The zero-order valence-corrected chi connectivity index (χ0v) is 11.9. The second kappa shape index (κ2) is 6.91. The van der Waals surface area contributed by atoms with Gasteiger partial charge in [-0.2, -0.15) is 0 Å². The fourth-order valence-electron chi connectivity index (χ4n) is 2.06. The first-order chi connectivity index (χ1) is 9.74. The third kappa shape index (κ3) is 3.48. The van der Waals surface area contributed by atoms with Crippen LogP contribution in [0, 0.1) is 0 Å². The number of amides is 1. The summed E-state index contributed by atoms with van der Waals surface area (Å²) in [4.78, 5) is 14.3. The molecule has 0 saturated heterocycles. The van der Waals surface area contributed by atoms with Crippen molar-refractivity contribution in [3.05, 3.63) is 54.0 Å². The first-order valence-corrected chi connectivity index (χ1v) is 6.89. The summed E-state index contributed by atoms with van der Waals surface area (Å²) in [6.07, 6.45) is 1.50. The monoisotopic (exact) mass is 272 g/mol. The Labute approximate surface area is 119 Å². The summed E-state index contributed by atoms with van der Waals surface area (Å²) < 4.78 is 5.11. The normalized spacial score (nSPS) is 10.8. The Morgan fingerprint density at radius 1 is 1.15 bits per heavy atom. The maximum Gasteiger partial charge on any atom is 0.291 e. The Bertz CT molecular complexity index is 545. The second-order valence-corrected chi connectivity index (χ2v) is 4.55. The van der Waals surface area contributed by atoms with Crippen molar-refractivity contribution in [2.75, 3.05) is 18.4 Å². The molecule has 0 spiro atoms. The number of carbonyl (C=O) groups excluding carboxylic acids is 1. The summed E-state index contributed by atoms with van der Waals surface area (Å²) in [6, 6.07) is 11.2. The first kappa shape index (κ1) is 14.3. The van der Waals surface area contributed by atoms with E-state index in [4.69, 9.17) is 4.42 Å². The largest absolute Gasteiger partial charge is 0.459 e. The van der Waals surface area contributed by atoms with Crippen molar-refractivity contribution in [2.24, 2.45) is 0 Å². The Morgan fingerprint density at radius 3 is 2.55 bits per heavy atom. The van der Waals surface area contributed by atoms with Crippen LogP contribution in [0.3, 0.4) is 0 Å². The Hall–Kier alpha value is -2.07. The molecule has 0 atom stereocenters. The zero-order valence-electron chi connectivity index (χ0n) is 11.9. The fourth-order valence-corrected chi connectivity index (χ4v) is 2.06. The molecule has 0 radical (unpaired) electrons. The molecule has 0 aliphatic rings. The van der Waals surface area contributed by atoms with E-state index >= 15 is 0 Å². The van der Waals surface area contributed by atoms with Gasteiger partial charge in [0.05, 0.1) is 6.26 Å². The van der Waals surface area contributed by atoms with E-state index in [1.807, 2.05) is 24.3 Å². The van der Waals surface area contributed by atoms with Crippen LogP contribution in [0.4, 0.5) is 5.69 Å². The number of benzene rings is 1. The van der Waals surface area contributed by atoms with Gasteiger partial charge in [0.2, 0.25) is 0 Å². The number of carbonyl (C=O) groups is 1. The van der Waals surface area contributed by atoms with Crippen LogP contribution in [0.5, 0.6) is 0 Å². The van der Waals surface area contributed by atoms with Crippen LogP contribution in [0.1, 0.15) is 30.0 Å². The lowest BCUT2D eigenvalue weighted by atomic mass is 10.1. The first-order valence-electron chi connectivity index (χ1n) is 6.89. The van der Waals surface area contributed by atoms with Gasteiger partial charge in [-0.1, -0.05) is 32.0 Å². The molecule has 0 unspecified atom stereocenters. The quantitative estimate of drug-likeness (QED) is 0.877. The molecule has 1 aromatic heterocycles. The van der Waals surface area contributed by atoms with Gasteiger partial charge in [0, 0.05) is 12.2 Å². The molecule has 0 saturated carbocycles. The standard InChI is InChI=1S/C16H20N2O2/c1-3-18(4-2)12-13-8-5-6-9-14(13)17-16(19)15-10-7-11-20-15/h5-11H,3-4,12H2,1-2H3,(H,17,19). The smallest absolute Gasteiger partial charge is 0.291 e. The topological polar surface area (TPSA) is 45.5 Å². The molecule has 4 heteroatoms. The van der Waals surface area contributed by atoms with Gasteiger partial charge in [-0.05, 0) is 36.9 Å². The van der Waals surface area contributed by atoms with E-state index in [1.54, 1.807) is 12.1 Å². The van der Waals surface area contributed by atoms with Gasteiger partial charge in [0.25, 0.3) is 5.91 Å². The fraction of sp³-hybridized carbons (Fsp3) is 0.312. The van der Waals surface area contributed by atoms with Crippen LogP contribution in [0.2, 0.25) is 0 Å². The molecular weight excluding hydrogens is 252 g/mol. The molecule has 2 rings (SSSR count). The van der Waals surface area contributed by atoms with Crippen LogP contribution >= 0.6 is 0 Å². The van der Waals surface area contributed by atoms with Crippen LogP contribution in [-0.2, 0) is 6.54 Å². The molecule has 0 bridgehead atoms. The minimum Gasteiger partial charge on any atom is -0.459 e. The lowest BCUT2D eigenvalue weighted by molar-refractivity contribution is 0.0996. The molecule has 1 N–H and O–H groups in total. The molecule has 0 aliphatic heterocycles. The van der Waals surface area contributed by atoms with E-state index in [9.17, 15) is 4.79 Å². The van der Waals surface area contributed by atoms with Crippen molar-refractivity contribution >= 4 is 11.6 Å². The number of anilines is 1. The van der Waals surface area contributed by atoms with Crippen molar-refractivity contribution in [3.63, 3.8) is 0 Å². The average Bonchev–Trinajstić information content (AvgIpc) is 3.00. The summed E-state index contributed by atoms with van der Waals surface area (Å²) in [7, 11) is 0. The highest BCUT2D eigenvalue weighted by Crippen LogP contribution is 2.18. The van der Waals surface area contributed by atoms with Gasteiger partial charge in [0.1, 0.15) is 0 Å². The molecule has 2 aromatic rings. The zero-order chi connectivity index (χ0) is 14.4. The molecular formula is C16H20N2O2. The number of hydrogen-bond donors (Lipinski definition) is 1. The summed E-state index contributed by atoms with van der Waals surface area (Å²) in [6.45, 7) is 7.05. The Kier molecular flexibility index (Phi) is 4.96. The van der Waals surface area contributed by atoms with Crippen molar-refractivity contribution in [1.29, 1.82) is 0 Å². The Morgan fingerprint density at radius 2 is 1.90 bits per heavy atom. The highest BCUT2D eigenvalue weighted by molar-refractivity contribution is 6.02. The molecule has 106 valence electrons. The predicted molar refractivity (Wildman–Crippen MR) is 79.7 cm³/mol. The summed E-state index contributed by atoms with van der Waals surface area (Å²) in [5, 5.41) is 2.91. The van der Waals surface area contributed by atoms with Crippen molar-refractivity contribution in [2.45, 2.75) is 20.4 Å². The van der Waals surface area contributed by atoms with E-state index in [0.717, 1.165) is 30.9 Å². The summed E-state index contributed by atoms with van der Waals surface area (Å²) >= 11 is 0. The van der Waals surface area contributed by atoms with Crippen LogP contribution < -0.4 is 5.32 Å². The van der Waals surface area contributed by atoms with E-state index in [-0.39, 0.29) is 5.91 Å². The highest BCUT2D eigenvalue weighted by Gasteiger charge is 2.12. The van der Waals surface area contributed by atoms with Crippen molar-refractivity contribution < 1.29 is 9.21 Å². The van der Waals surface area contributed by atoms with Crippen LogP contribution in [0.25, 0.3) is 0 Å². The van der Waals surface area contributed by atoms with Crippen molar-refractivity contribution in [3.8, 4) is 0 Å². The molecule has 1 heterocycles. The summed E-state index contributed by atoms with van der Waals surface area (Å²) in [5.74, 6) is 0.102. The minimum atomic E-state index is -0.220. The van der Waals surface area contributed by atoms with Gasteiger partial charge >= 0.3 is 0 Å². The number of nitrogens with one attached hydrogen (secondary N) is 1. The van der Waals surface area contributed by atoms with Crippen molar-refractivity contribution in [1.82, 2.24) is 4.90 Å². The molecule has 20 heavy (non-hydrogen) atoms. The molecule has 1 aromatic carbocycles. The van der Waals surface area contributed by atoms with E-state index in [0.29, 0.717) is 5.76 Å². The third-order valence-electron chi connectivity index (χ3n) is 3.30. The average molecular weight is 272 g/mol. The van der Waals surface area contributed by atoms with Gasteiger partial charge in [-0.25, -0.2) is 0 Å². The lowest BCUT2D eigenvalue weighted by Crippen LogP contribution is -2.23. The molecule has 4 nitrogen and oxygen atoms in total. The number of furan rings is 1. The van der Waals surface area contributed by atoms with Gasteiger partial charge in [-0.15, -0.1) is 0 Å². The number of rotatable bonds is 6. The number of nitrogens with zero attached hydrogens (tertiary/aromatic N) is 1. The lowest BCUT2D eigenvalue weighted by Gasteiger charge is -2.20. The SMILES string of the molecule is CCN(CC)Cc1ccccc1NC(=O)c1ccco1. The number of para-hydroxylation sites is 1. The predicted octanol–water partition coefficient (Wildman–Crippen LogP) is 3.37. The van der Waals surface area contributed by atoms with Crippen LogP contribution in [0.15, 0.2) is 47.1 Å². The van der Waals surface area contributed by atoms with E-state index in [2.05, 4.69) is 24.1 Å². The molecule has 0 fully saturated rings. The maximum atomic E-state index is 12.0. The van der Waals surface area contributed by atoms with Crippen LogP contribution in [-0.4, -0.2) is 23.9 Å². The minimum absolute atomic E-state index is 0.220. The Balaban J connectivity index is 2.13. The number of hydrogen-bond acceptors (Lipinski definition) is 3. The highest BCUT2D eigenvalue weighted by atomic mass is 16.3. The molecule has 1 amide bonds. The second-order valence-electron chi connectivity index (χ2n) is 4.55. The molecule has 0 aliphatic carbocycles. The van der Waals surface area contributed by atoms with E-state index in [1.165, 1.54) is 6.26 Å². The van der Waals surface area contributed by atoms with Gasteiger partial charge in [0.15, 0.2) is 5.76 Å². The van der Waals surface area contributed by atoms with E-state index < -0.39 is 0 Å². The van der Waals surface area contributed by atoms with Gasteiger partial charge < -0.3 is 9.73 Å². The third-order valence-corrected chi connectivity index (χ3v) is 3.30. The summed E-state index contributed by atoms with van der Waals surface area (Å²) in [5.41, 5.74) is 1.94. The van der Waals surface area contributed by atoms with Gasteiger partial charge in [-0.3, -0.25) is 9.69 Å². The maximum absolute atomic E-state index is 12.0.